The molecule has 5 nitrogen and oxygen atoms in total. The van der Waals surface area contributed by atoms with Crippen LogP contribution in [0.1, 0.15) is 22.3 Å². The van der Waals surface area contributed by atoms with Gasteiger partial charge in [0.2, 0.25) is 15.9 Å². The number of hydrogen-bond acceptors (Lipinski definition) is 3. The number of sulfonamides is 1. The highest BCUT2D eigenvalue weighted by Gasteiger charge is 2.27. The van der Waals surface area contributed by atoms with Gasteiger partial charge >= 0.3 is 0 Å². The molecular weight excluding hydrogens is 467 g/mol. The Balaban J connectivity index is 1.82. The van der Waals surface area contributed by atoms with Crippen molar-refractivity contribution in [3.63, 3.8) is 0 Å². The van der Waals surface area contributed by atoms with Crippen LogP contribution in [0.4, 0.5) is 0 Å². The molecular formula is C24H24Cl2N2O3S. The highest BCUT2D eigenvalue weighted by molar-refractivity contribution is 7.89. The molecule has 0 atom stereocenters. The number of carbonyl (C=O) groups excluding carboxylic acids is 1. The van der Waals surface area contributed by atoms with Gasteiger partial charge in [-0.25, -0.2) is 8.42 Å². The monoisotopic (exact) mass is 490 g/mol. The van der Waals surface area contributed by atoms with E-state index in [4.69, 9.17) is 23.2 Å². The normalized spacial score (nSPS) is 11.5. The van der Waals surface area contributed by atoms with Gasteiger partial charge in [0.05, 0.1) is 11.4 Å². The van der Waals surface area contributed by atoms with Crippen molar-refractivity contribution in [1.82, 2.24) is 9.62 Å². The topological polar surface area (TPSA) is 66.5 Å². The second kappa shape index (κ2) is 10.5. The third kappa shape index (κ3) is 6.33. The third-order valence-corrected chi connectivity index (χ3v) is 7.34. The van der Waals surface area contributed by atoms with Gasteiger partial charge in [0.15, 0.2) is 0 Å². The molecule has 3 aromatic rings. The van der Waals surface area contributed by atoms with Gasteiger partial charge in [0, 0.05) is 23.1 Å². The number of hydrogen-bond donors (Lipinski definition) is 1. The van der Waals surface area contributed by atoms with Crippen molar-refractivity contribution in [3.8, 4) is 0 Å². The van der Waals surface area contributed by atoms with Crippen molar-refractivity contribution < 1.29 is 13.2 Å². The summed E-state index contributed by atoms with van der Waals surface area (Å²) in [5.41, 5.74) is 3.54. The summed E-state index contributed by atoms with van der Waals surface area (Å²) in [6.45, 7) is 3.75. The standard InChI is InChI=1S/C24H24Cl2N2O3S/c1-17-3-7-19(8-4-17)14-27-24(29)16-28(15-20-9-10-21(25)13-23(20)26)32(30,31)22-11-5-18(2)6-12-22/h3-13H,14-16H2,1-2H3,(H,27,29). The summed E-state index contributed by atoms with van der Waals surface area (Å²) in [7, 11) is -3.95. The van der Waals surface area contributed by atoms with Gasteiger partial charge in [-0.2, -0.15) is 4.31 Å². The Hall–Kier alpha value is -2.38. The van der Waals surface area contributed by atoms with Crippen LogP contribution in [-0.2, 0) is 27.9 Å². The van der Waals surface area contributed by atoms with Crippen molar-refractivity contribution in [1.29, 1.82) is 0 Å². The molecule has 0 unspecified atom stereocenters. The fraction of sp³-hybridized carbons (Fsp3) is 0.208. The average molecular weight is 491 g/mol. The van der Waals surface area contributed by atoms with Gasteiger partial charge in [-0.05, 0) is 49.2 Å². The zero-order valence-electron chi connectivity index (χ0n) is 17.8. The van der Waals surface area contributed by atoms with Gasteiger partial charge in [-0.3, -0.25) is 4.79 Å². The van der Waals surface area contributed by atoms with Crippen molar-refractivity contribution in [2.45, 2.75) is 31.8 Å². The van der Waals surface area contributed by atoms with Crippen LogP contribution in [0.3, 0.4) is 0 Å². The molecule has 0 aliphatic carbocycles. The lowest BCUT2D eigenvalue weighted by Gasteiger charge is -2.22. The Morgan fingerprint density at radius 3 is 2.09 bits per heavy atom. The van der Waals surface area contributed by atoms with E-state index in [1.807, 2.05) is 38.1 Å². The van der Waals surface area contributed by atoms with Crippen molar-refractivity contribution in [2.24, 2.45) is 0 Å². The summed E-state index contributed by atoms with van der Waals surface area (Å²) in [5.74, 6) is -0.411. The minimum atomic E-state index is -3.95. The van der Waals surface area contributed by atoms with E-state index in [2.05, 4.69) is 5.32 Å². The third-order valence-electron chi connectivity index (χ3n) is 4.95. The first-order valence-corrected chi connectivity index (χ1v) is 12.2. The number of amides is 1. The largest absolute Gasteiger partial charge is 0.351 e. The first-order valence-electron chi connectivity index (χ1n) is 9.98. The van der Waals surface area contributed by atoms with Gasteiger partial charge in [0.25, 0.3) is 0 Å². The number of nitrogens with one attached hydrogen (secondary N) is 1. The van der Waals surface area contributed by atoms with E-state index in [9.17, 15) is 13.2 Å². The number of carbonyl (C=O) groups is 1. The van der Waals surface area contributed by atoms with E-state index in [1.54, 1.807) is 30.3 Å². The fourth-order valence-electron chi connectivity index (χ4n) is 3.05. The molecule has 0 spiro atoms. The molecule has 168 valence electrons. The van der Waals surface area contributed by atoms with Crippen LogP contribution >= 0.6 is 23.2 Å². The van der Waals surface area contributed by atoms with Crippen LogP contribution in [0.15, 0.2) is 71.6 Å². The molecule has 3 rings (SSSR count). The maximum Gasteiger partial charge on any atom is 0.243 e. The zero-order chi connectivity index (χ0) is 23.3. The average Bonchev–Trinajstić information content (AvgIpc) is 2.75. The maximum absolute atomic E-state index is 13.4. The minimum absolute atomic E-state index is 0.0653. The number of aryl methyl sites for hydroxylation is 2. The van der Waals surface area contributed by atoms with Crippen molar-refractivity contribution >= 4 is 39.1 Å². The van der Waals surface area contributed by atoms with Gasteiger partial charge < -0.3 is 5.32 Å². The molecule has 0 aromatic heterocycles. The maximum atomic E-state index is 13.4. The molecule has 8 heteroatoms. The lowest BCUT2D eigenvalue weighted by molar-refractivity contribution is -0.121. The first-order chi connectivity index (χ1) is 15.1. The van der Waals surface area contributed by atoms with E-state index in [0.717, 1.165) is 21.0 Å². The molecule has 0 radical (unpaired) electrons. The molecule has 0 aliphatic heterocycles. The van der Waals surface area contributed by atoms with E-state index >= 15 is 0 Å². The lowest BCUT2D eigenvalue weighted by Crippen LogP contribution is -2.40. The van der Waals surface area contributed by atoms with Crippen LogP contribution in [0.25, 0.3) is 0 Å². The Morgan fingerprint density at radius 2 is 1.50 bits per heavy atom. The number of halogens is 2. The Labute approximate surface area is 199 Å². The second-order valence-electron chi connectivity index (χ2n) is 7.58. The predicted octanol–water partition coefficient (Wildman–Crippen LogP) is 5.12. The Kier molecular flexibility index (Phi) is 7.96. The zero-order valence-corrected chi connectivity index (χ0v) is 20.1. The molecule has 1 amide bonds. The molecule has 0 bridgehead atoms. The van der Waals surface area contributed by atoms with E-state index in [0.29, 0.717) is 22.2 Å². The Morgan fingerprint density at radius 1 is 0.906 bits per heavy atom. The predicted molar refractivity (Wildman–Crippen MR) is 128 cm³/mol. The lowest BCUT2D eigenvalue weighted by atomic mass is 10.1. The number of benzene rings is 3. The van der Waals surface area contributed by atoms with Crippen molar-refractivity contribution in [3.05, 3.63) is 99.0 Å². The highest BCUT2D eigenvalue weighted by Crippen LogP contribution is 2.25. The molecule has 1 N–H and O–H groups in total. The van der Waals surface area contributed by atoms with Crippen LogP contribution < -0.4 is 5.32 Å². The van der Waals surface area contributed by atoms with Crippen LogP contribution in [0, 0.1) is 13.8 Å². The fourth-order valence-corrected chi connectivity index (χ4v) is 4.89. The molecule has 0 heterocycles. The minimum Gasteiger partial charge on any atom is -0.351 e. The summed E-state index contributed by atoms with van der Waals surface area (Å²) in [6.07, 6.45) is 0. The molecule has 0 saturated carbocycles. The summed E-state index contributed by atoms with van der Waals surface area (Å²) >= 11 is 12.2. The van der Waals surface area contributed by atoms with E-state index in [1.165, 1.54) is 12.1 Å². The SMILES string of the molecule is Cc1ccc(CNC(=O)CN(Cc2ccc(Cl)cc2Cl)S(=O)(=O)c2ccc(C)cc2)cc1. The summed E-state index contributed by atoms with van der Waals surface area (Å²) in [5, 5.41) is 3.57. The number of rotatable bonds is 8. The summed E-state index contributed by atoms with van der Waals surface area (Å²) in [4.78, 5) is 12.8. The van der Waals surface area contributed by atoms with Gasteiger partial charge in [-0.15, -0.1) is 0 Å². The van der Waals surface area contributed by atoms with Crippen LogP contribution in [-0.4, -0.2) is 25.2 Å². The molecule has 0 aliphatic rings. The highest BCUT2D eigenvalue weighted by atomic mass is 35.5. The summed E-state index contributed by atoms with van der Waals surface area (Å²) in [6, 6.07) is 19.1. The molecule has 3 aromatic carbocycles. The van der Waals surface area contributed by atoms with Crippen molar-refractivity contribution in [2.75, 3.05) is 6.54 Å². The molecule has 0 fully saturated rings. The second-order valence-corrected chi connectivity index (χ2v) is 10.4. The molecule has 0 saturated heterocycles. The number of nitrogens with zero attached hydrogens (tertiary/aromatic N) is 1. The quantitative estimate of drug-likeness (QED) is 0.476. The smallest absolute Gasteiger partial charge is 0.243 e. The summed E-state index contributed by atoms with van der Waals surface area (Å²) < 4.78 is 27.8. The van der Waals surface area contributed by atoms with E-state index in [-0.39, 0.29) is 18.0 Å². The van der Waals surface area contributed by atoms with Gasteiger partial charge in [-0.1, -0.05) is 76.8 Å². The Bertz CT molecular complexity index is 1190. The van der Waals surface area contributed by atoms with Crippen LogP contribution in [0.2, 0.25) is 10.0 Å². The first kappa shape index (κ1) is 24.3. The van der Waals surface area contributed by atoms with Crippen LogP contribution in [0.5, 0.6) is 0 Å². The van der Waals surface area contributed by atoms with E-state index < -0.39 is 15.9 Å². The molecule has 32 heavy (non-hydrogen) atoms. The van der Waals surface area contributed by atoms with Gasteiger partial charge in [0.1, 0.15) is 0 Å².